The summed E-state index contributed by atoms with van der Waals surface area (Å²) in [5, 5.41) is 40.6. The summed E-state index contributed by atoms with van der Waals surface area (Å²) < 4.78 is 0. The lowest BCUT2D eigenvalue weighted by Crippen LogP contribution is -2.62. The van der Waals surface area contributed by atoms with Gasteiger partial charge in [-0.1, -0.05) is 76.2 Å². The van der Waals surface area contributed by atoms with Crippen LogP contribution in [-0.2, 0) is 67.2 Å². The lowest BCUT2D eigenvalue weighted by atomic mass is 9.98. The lowest BCUT2D eigenvalue weighted by molar-refractivity contribution is -0.142. The molecule has 4 aromatic rings. The van der Waals surface area contributed by atoms with E-state index in [2.05, 4.69) is 87.7 Å². The van der Waals surface area contributed by atoms with E-state index in [0.29, 0.717) is 27.7 Å². The maximum atomic E-state index is 14.9. The summed E-state index contributed by atoms with van der Waals surface area (Å²) in [7, 11) is 0. The highest BCUT2D eigenvalue weighted by Crippen LogP contribution is 2.20. The molecule has 81 heavy (non-hydrogen) atoms. The first-order chi connectivity index (χ1) is 38.4. The highest BCUT2D eigenvalue weighted by molar-refractivity contribution is 7.80. The fourth-order valence-electron chi connectivity index (χ4n) is 8.24. The van der Waals surface area contributed by atoms with Crippen molar-refractivity contribution in [1.82, 2.24) is 57.5 Å². The number of nitrogens with zero attached hydrogens (tertiary/aromatic N) is 2. The smallest absolute Gasteiger partial charge is 0.327 e. The van der Waals surface area contributed by atoms with Gasteiger partial charge in [0.2, 0.25) is 47.3 Å². The minimum atomic E-state index is -1.86. The van der Waals surface area contributed by atoms with E-state index in [1.54, 1.807) is 88.5 Å². The number of nitrogens with one attached hydrogen (secondary N) is 10. The van der Waals surface area contributed by atoms with Crippen molar-refractivity contribution in [3.05, 3.63) is 90.1 Å². The molecule has 0 spiro atoms. The van der Waals surface area contributed by atoms with Crippen molar-refractivity contribution in [3.63, 3.8) is 0 Å². The number of carbonyl (C=O) groups is 10. The van der Waals surface area contributed by atoms with E-state index in [4.69, 9.17) is 17.2 Å². The number of carbonyl (C=O) groups excluding carboxylic acids is 8. The molecule has 0 aliphatic carbocycles. The Morgan fingerprint density at radius 3 is 1.64 bits per heavy atom. The maximum Gasteiger partial charge on any atom is 0.327 e. The monoisotopic (exact) mass is 1160 g/mol. The number of rotatable bonds is 33. The summed E-state index contributed by atoms with van der Waals surface area (Å²) in [6, 6.07) is 2.67. The first-order valence-corrected chi connectivity index (χ1v) is 27.2. The second-order valence-electron chi connectivity index (χ2n) is 19.7. The van der Waals surface area contributed by atoms with Gasteiger partial charge in [0.15, 0.2) is 5.96 Å². The minimum absolute atomic E-state index is 0.000948. The van der Waals surface area contributed by atoms with Crippen LogP contribution in [0.5, 0.6) is 0 Å². The summed E-state index contributed by atoms with van der Waals surface area (Å²) in [4.78, 5) is 150. The molecule has 0 saturated heterocycles. The van der Waals surface area contributed by atoms with E-state index >= 15 is 0 Å². The number of aliphatic imine (C=N–C) groups is 1. The maximum absolute atomic E-state index is 14.9. The highest BCUT2D eigenvalue weighted by atomic mass is 32.1. The number of thiol groups is 2. The highest BCUT2D eigenvalue weighted by Gasteiger charge is 2.37. The fraction of sp³-hybridized carbons (Fsp3) is 0.462. The molecule has 0 aliphatic heterocycles. The zero-order valence-corrected chi connectivity index (χ0v) is 46.9. The van der Waals surface area contributed by atoms with Gasteiger partial charge in [0.05, 0.1) is 18.8 Å². The number of hydrogen-bond donors (Lipinski definition) is 17. The number of aliphatic carboxylic acids is 2. The van der Waals surface area contributed by atoms with Crippen LogP contribution in [-0.4, -0.2) is 163 Å². The second kappa shape index (κ2) is 32.2. The number of imidazole rings is 1. The molecule has 0 fully saturated rings. The molecule has 18 N–H and O–H groups in total. The second-order valence-corrected chi connectivity index (χ2v) is 20.4. The van der Waals surface area contributed by atoms with Crippen LogP contribution in [0.15, 0.2) is 78.3 Å². The van der Waals surface area contributed by atoms with Crippen LogP contribution in [0.2, 0.25) is 0 Å². The van der Waals surface area contributed by atoms with Gasteiger partial charge in [-0.25, -0.2) is 9.78 Å². The van der Waals surface area contributed by atoms with Crippen LogP contribution < -0.4 is 59.7 Å². The van der Waals surface area contributed by atoms with Crippen molar-refractivity contribution in [2.24, 2.45) is 34.0 Å². The standard InChI is InChI=1S/C52H73N15O12S2/c1-26(2)41(49(76)65-39(24-81)51(78)79)67-50(77)42(27(3)4)66-48(75)38(20-40(68)69)64-45(72)35(17-28-11-6-5-7-12-28)61-46(73)36(18-29-21-58-33-14-9-8-13-31(29)33)62-47(74)37(19-30-22-56-25-59-30)63-44(71)34(15-10-16-57-52(54)55)60-43(70)32(53)23-80/h5-9,11-14,21-22,25-27,32,34-39,41-42,58,80-81H,10,15-20,23-24,53H2,1-4H3,(H,56,59)(H,60,70)(H,61,73)(H,62,74)(H,63,71)(H,64,72)(H,65,76)(H,66,75)(H,67,77)(H,68,69)(H,78,79)(H4,54,55,57)/t32-,34-,35-,36-,37-,38-,39-,41-,42-/m0/s1. The Hall–Kier alpha value is -8.18. The van der Waals surface area contributed by atoms with Crippen LogP contribution in [0.1, 0.15) is 63.8 Å². The Labute approximate surface area is 477 Å². The summed E-state index contributed by atoms with van der Waals surface area (Å²) in [6.07, 6.45) is 2.98. The first kappa shape index (κ1) is 65.3. The first-order valence-electron chi connectivity index (χ1n) is 25.9. The average molecular weight is 1160 g/mol. The van der Waals surface area contributed by atoms with Gasteiger partial charge in [0, 0.05) is 66.3 Å². The Morgan fingerprint density at radius 1 is 0.593 bits per heavy atom. The molecule has 0 bridgehead atoms. The van der Waals surface area contributed by atoms with Gasteiger partial charge >= 0.3 is 11.9 Å². The van der Waals surface area contributed by atoms with E-state index in [1.807, 2.05) is 0 Å². The van der Waals surface area contributed by atoms with Crippen LogP contribution >= 0.6 is 25.3 Å². The molecule has 0 saturated carbocycles. The van der Waals surface area contributed by atoms with Crippen molar-refractivity contribution in [3.8, 4) is 0 Å². The van der Waals surface area contributed by atoms with Gasteiger partial charge in [-0.05, 0) is 41.9 Å². The van der Waals surface area contributed by atoms with Crippen molar-refractivity contribution in [2.75, 3.05) is 18.1 Å². The van der Waals surface area contributed by atoms with Crippen molar-refractivity contribution < 1.29 is 58.2 Å². The number of carboxylic acids is 2. The zero-order chi connectivity index (χ0) is 59.9. The number of carboxylic acid groups (broad SMARTS) is 2. The van der Waals surface area contributed by atoms with Gasteiger partial charge < -0.3 is 79.9 Å². The van der Waals surface area contributed by atoms with Crippen LogP contribution in [0.4, 0.5) is 0 Å². The molecule has 0 aliphatic rings. The van der Waals surface area contributed by atoms with E-state index in [0.717, 1.165) is 0 Å². The Bertz CT molecular complexity index is 2830. The topological polar surface area (TPSA) is 442 Å². The largest absolute Gasteiger partial charge is 0.481 e. The Balaban J connectivity index is 1.69. The Morgan fingerprint density at radius 2 is 1.10 bits per heavy atom. The Kier molecular flexibility index (Phi) is 25.9. The summed E-state index contributed by atoms with van der Waals surface area (Å²) >= 11 is 8.06. The van der Waals surface area contributed by atoms with Crippen LogP contribution in [0, 0.1) is 11.8 Å². The molecule has 440 valence electrons. The third kappa shape index (κ3) is 20.8. The molecule has 0 unspecified atom stereocenters. The number of para-hydroxylation sites is 1. The van der Waals surface area contributed by atoms with Gasteiger partial charge in [-0.15, -0.1) is 0 Å². The molecule has 2 aromatic carbocycles. The number of amides is 8. The van der Waals surface area contributed by atoms with E-state index < -0.39 is 132 Å². The van der Waals surface area contributed by atoms with Crippen molar-refractivity contribution in [2.45, 2.75) is 121 Å². The summed E-state index contributed by atoms with van der Waals surface area (Å²) in [5.41, 5.74) is 19.0. The molecule has 2 aromatic heterocycles. The predicted molar refractivity (Wildman–Crippen MR) is 305 cm³/mol. The van der Waals surface area contributed by atoms with Gasteiger partial charge in [0.25, 0.3) is 0 Å². The third-order valence-electron chi connectivity index (χ3n) is 12.7. The van der Waals surface area contributed by atoms with E-state index in [-0.39, 0.29) is 56.1 Å². The van der Waals surface area contributed by atoms with Gasteiger partial charge in [0.1, 0.15) is 48.3 Å². The van der Waals surface area contributed by atoms with Crippen LogP contribution in [0.3, 0.4) is 0 Å². The van der Waals surface area contributed by atoms with E-state index in [1.165, 1.54) is 12.5 Å². The van der Waals surface area contributed by atoms with E-state index in [9.17, 15) is 58.2 Å². The molecular weight excluding hydrogens is 1090 g/mol. The average Bonchev–Trinajstić information content (AvgIpc) is 4.14. The fourth-order valence-corrected chi connectivity index (χ4v) is 8.65. The number of aromatic nitrogens is 3. The lowest BCUT2D eigenvalue weighted by Gasteiger charge is -2.29. The normalized spacial score (nSPS) is 14.5. The third-order valence-corrected chi connectivity index (χ3v) is 13.4. The zero-order valence-electron chi connectivity index (χ0n) is 45.1. The SMILES string of the molecule is CC(C)[C@H](NC(=O)[C@H](CC(=O)O)NC(=O)[C@H](Cc1ccccc1)NC(=O)[C@H](Cc1c[nH]c2ccccc12)NC(=O)[C@H](Cc1cnc[nH]1)NC(=O)[C@H](CCCN=C(N)N)NC(=O)[C@@H](N)CS)C(=O)N[C@H](C(=O)N[C@@H](CS)C(=O)O)C(C)C. The summed E-state index contributed by atoms with van der Waals surface area (Å²) in [6.45, 7) is 6.40. The number of fused-ring (bicyclic) bond motifs is 1. The summed E-state index contributed by atoms with van der Waals surface area (Å²) in [5.74, 6) is -11.9. The minimum Gasteiger partial charge on any atom is -0.481 e. The van der Waals surface area contributed by atoms with Crippen molar-refractivity contribution >= 4 is 101 Å². The number of nitrogens with two attached hydrogens (primary N) is 3. The predicted octanol–water partition coefficient (Wildman–Crippen LogP) is -2.09. The molecule has 4 rings (SSSR count). The molecular formula is C52H73N15O12S2. The number of guanidine groups is 1. The van der Waals surface area contributed by atoms with Crippen molar-refractivity contribution in [1.29, 1.82) is 0 Å². The molecule has 2 heterocycles. The number of benzene rings is 2. The number of hydrogen-bond acceptors (Lipinski definition) is 15. The quantitative estimate of drug-likeness (QED) is 0.0105. The molecule has 0 radical (unpaired) electrons. The number of aromatic amines is 2. The molecule has 9 atom stereocenters. The molecule has 29 heteroatoms. The van der Waals surface area contributed by atoms with Gasteiger partial charge in [-0.3, -0.25) is 48.1 Å². The molecule has 8 amide bonds. The molecule has 27 nitrogen and oxygen atoms in total. The van der Waals surface area contributed by atoms with Crippen LogP contribution in [0.25, 0.3) is 10.9 Å². The van der Waals surface area contributed by atoms with Gasteiger partial charge in [-0.2, -0.15) is 25.3 Å². The number of H-pyrrole nitrogens is 2.